The number of carboxylic acid groups (broad SMARTS) is 1. The fourth-order valence-electron chi connectivity index (χ4n) is 1.12. The zero-order valence-electron chi connectivity index (χ0n) is 7.51. The molecule has 0 saturated carbocycles. The van der Waals surface area contributed by atoms with E-state index in [1.165, 1.54) is 0 Å². The molecule has 1 amide bonds. The van der Waals surface area contributed by atoms with Crippen LogP contribution in [-0.2, 0) is 0 Å². The first kappa shape index (κ1) is 9.13. The van der Waals surface area contributed by atoms with Gasteiger partial charge in [0.1, 0.15) is 0 Å². The largest absolute Gasteiger partial charge is 0.465 e. The van der Waals surface area contributed by atoms with Gasteiger partial charge in [0.25, 0.3) is 0 Å². The highest BCUT2D eigenvalue weighted by atomic mass is 16.4. The van der Waals surface area contributed by atoms with Crippen molar-refractivity contribution in [2.75, 3.05) is 5.32 Å². The highest BCUT2D eigenvalue weighted by Crippen LogP contribution is 2.16. The molecule has 0 bridgehead atoms. The predicted octanol–water partition coefficient (Wildman–Crippen LogP) is 0.957. The lowest BCUT2D eigenvalue weighted by Gasteiger charge is -2.00. The number of aromatic nitrogens is 4. The fraction of sp³-hybridized carbons (Fsp3) is 0. The summed E-state index contributed by atoms with van der Waals surface area (Å²) in [6, 6.07) is 6.69. The summed E-state index contributed by atoms with van der Waals surface area (Å²) >= 11 is 0. The lowest BCUT2D eigenvalue weighted by atomic mass is 10.2. The standard InChI is InChI=1S/C8H7N5O2/c14-8(15)9-6-3-1-5(2-4-6)7-10-12-13-11-7/h1-4,9H,(H,14,15)(H,10,11,12,13). The van der Waals surface area contributed by atoms with Crippen LogP contribution < -0.4 is 5.32 Å². The molecule has 0 aliphatic heterocycles. The Bertz CT molecular complexity index is 450. The van der Waals surface area contributed by atoms with Crippen molar-refractivity contribution in [3.63, 3.8) is 0 Å². The molecule has 0 unspecified atom stereocenters. The molecule has 15 heavy (non-hydrogen) atoms. The van der Waals surface area contributed by atoms with Gasteiger partial charge in [-0.3, -0.25) is 5.32 Å². The maximum absolute atomic E-state index is 10.3. The van der Waals surface area contributed by atoms with Crippen LogP contribution in [-0.4, -0.2) is 31.8 Å². The number of anilines is 1. The second-order valence-corrected chi connectivity index (χ2v) is 2.76. The van der Waals surface area contributed by atoms with E-state index in [4.69, 9.17) is 5.11 Å². The first-order valence-electron chi connectivity index (χ1n) is 4.10. The number of hydrogen-bond acceptors (Lipinski definition) is 4. The van der Waals surface area contributed by atoms with Crippen molar-refractivity contribution in [2.24, 2.45) is 0 Å². The van der Waals surface area contributed by atoms with Crippen molar-refractivity contribution in [2.45, 2.75) is 0 Å². The molecule has 1 aromatic carbocycles. The molecule has 7 heteroatoms. The van der Waals surface area contributed by atoms with Crippen LogP contribution in [0.3, 0.4) is 0 Å². The molecule has 0 spiro atoms. The van der Waals surface area contributed by atoms with Crippen molar-refractivity contribution in [3.05, 3.63) is 24.3 Å². The van der Waals surface area contributed by atoms with Crippen LogP contribution in [0.25, 0.3) is 11.4 Å². The normalized spacial score (nSPS) is 9.87. The lowest BCUT2D eigenvalue weighted by Crippen LogP contribution is -2.06. The summed E-state index contributed by atoms with van der Waals surface area (Å²) in [6.45, 7) is 0. The Morgan fingerprint density at radius 2 is 2.07 bits per heavy atom. The Balaban J connectivity index is 2.21. The number of nitrogens with one attached hydrogen (secondary N) is 2. The van der Waals surface area contributed by atoms with E-state index < -0.39 is 6.09 Å². The van der Waals surface area contributed by atoms with Gasteiger partial charge in [-0.25, -0.2) is 9.89 Å². The fourth-order valence-corrected chi connectivity index (χ4v) is 1.12. The van der Waals surface area contributed by atoms with E-state index in [1.54, 1.807) is 24.3 Å². The van der Waals surface area contributed by atoms with Gasteiger partial charge in [0.15, 0.2) is 5.82 Å². The minimum atomic E-state index is -1.09. The molecular formula is C8H7N5O2. The lowest BCUT2D eigenvalue weighted by molar-refractivity contribution is 0.210. The van der Waals surface area contributed by atoms with E-state index >= 15 is 0 Å². The van der Waals surface area contributed by atoms with Crippen LogP contribution in [0.2, 0.25) is 0 Å². The number of benzene rings is 1. The second kappa shape index (κ2) is 3.74. The number of nitrogens with zero attached hydrogens (tertiary/aromatic N) is 3. The van der Waals surface area contributed by atoms with E-state index in [1.807, 2.05) is 0 Å². The zero-order chi connectivity index (χ0) is 10.7. The third-order valence-electron chi connectivity index (χ3n) is 1.75. The monoisotopic (exact) mass is 205 g/mol. The zero-order valence-corrected chi connectivity index (χ0v) is 7.51. The van der Waals surface area contributed by atoms with E-state index in [9.17, 15) is 4.79 Å². The molecule has 3 N–H and O–H groups in total. The first-order chi connectivity index (χ1) is 7.25. The molecule has 0 aliphatic rings. The Hall–Kier alpha value is -2.44. The minimum absolute atomic E-state index is 0.499. The topological polar surface area (TPSA) is 104 Å². The van der Waals surface area contributed by atoms with Gasteiger partial charge in [0, 0.05) is 11.3 Å². The van der Waals surface area contributed by atoms with Crippen molar-refractivity contribution < 1.29 is 9.90 Å². The molecule has 7 nitrogen and oxygen atoms in total. The van der Waals surface area contributed by atoms with Crippen LogP contribution in [0.1, 0.15) is 0 Å². The van der Waals surface area contributed by atoms with E-state index in [0.717, 1.165) is 5.56 Å². The number of rotatable bonds is 2. The molecule has 0 atom stereocenters. The first-order valence-corrected chi connectivity index (χ1v) is 4.10. The highest BCUT2D eigenvalue weighted by molar-refractivity contribution is 5.83. The van der Waals surface area contributed by atoms with Crippen molar-refractivity contribution in [3.8, 4) is 11.4 Å². The molecule has 2 aromatic rings. The Morgan fingerprint density at radius 3 is 2.60 bits per heavy atom. The summed E-state index contributed by atoms with van der Waals surface area (Å²) in [4.78, 5) is 10.3. The average molecular weight is 205 g/mol. The number of tetrazole rings is 1. The molecular weight excluding hydrogens is 198 g/mol. The Labute approximate surface area is 84.1 Å². The van der Waals surface area contributed by atoms with Crippen LogP contribution in [0.5, 0.6) is 0 Å². The summed E-state index contributed by atoms with van der Waals surface area (Å²) in [5.41, 5.74) is 1.29. The van der Waals surface area contributed by atoms with Gasteiger partial charge in [-0.2, -0.15) is 0 Å². The summed E-state index contributed by atoms with van der Waals surface area (Å²) in [5.74, 6) is 0.539. The molecule has 76 valence electrons. The van der Waals surface area contributed by atoms with Gasteiger partial charge in [-0.05, 0) is 34.7 Å². The van der Waals surface area contributed by atoms with Crippen LogP contribution in [0.4, 0.5) is 10.5 Å². The molecule has 0 radical (unpaired) electrons. The quantitative estimate of drug-likeness (QED) is 0.677. The predicted molar refractivity (Wildman–Crippen MR) is 51.3 cm³/mol. The summed E-state index contributed by atoms with van der Waals surface area (Å²) in [5, 5.41) is 23.9. The number of aromatic amines is 1. The molecule has 0 saturated heterocycles. The summed E-state index contributed by atoms with van der Waals surface area (Å²) < 4.78 is 0. The van der Waals surface area contributed by atoms with E-state index in [2.05, 4.69) is 25.9 Å². The molecule has 0 fully saturated rings. The smallest absolute Gasteiger partial charge is 0.409 e. The second-order valence-electron chi connectivity index (χ2n) is 2.76. The number of amides is 1. The number of carbonyl (C=O) groups is 1. The van der Waals surface area contributed by atoms with Crippen molar-refractivity contribution in [1.82, 2.24) is 20.6 Å². The third-order valence-corrected chi connectivity index (χ3v) is 1.75. The van der Waals surface area contributed by atoms with Crippen LogP contribution in [0, 0.1) is 0 Å². The maximum atomic E-state index is 10.3. The highest BCUT2D eigenvalue weighted by Gasteiger charge is 2.02. The van der Waals surface area contributed by atoms with Gasteiger partial charge in [-0.15, -0.1) is 5.10 Å². The average Bonchev–Trinajstić information content (AvgIpc) is 2.71. The van der Waals surface area contributed by atoms with E-state index in [-0.39, 0.29) is 0 Å². The maximum Gasteiger partial charge on any atom is 0.409 e. The van der Waals surface area contributed by atoms with E-state index in [0.29, 0.717) is 11.5 Å². The van der Waals surface area contributed by atoms with Crippen molar-refractivity contribution >= 4 is 11.8 Å². The molecule has 1 heterocycles. The van der Waals surface area contributed by atoms with Gasteiger partial charge in [0.2, 0.25) is 0 Å². The van der Waals surface area contributed by atoms with Crippen LogP contribution >= 0.6 is 0 Å². The summed E-state index contributed by atoms with van der Waals surface area (Å²) in [7, 11) is 0. The SMILES string of the molecule is O=C(O)Nc1ccc(-c2nnn[nH]2)cc1. The number of hydrogen-bond donors (Lipinski definition) is 3. The molecule has 0 aliphatic carbocycles. The third kappa shape index (κ3) is 2.08. The molecule has 2 rings (SSSR count). The van der Waals surface area contributed by atoms with Gasteiger partial charge in [-0.1, -0.05) is 0 Å². The van der Waals surface area contributed by atoms with Gasteiger partial charge < -0.3 is 5.11 Å². The minimum Gasteiger partial charge on any atom is -0.465 e. The number of H-pyrrole nitrogens is 1. The Kier molecular flexibility index (Phi) is 2.28. The van der Waals surface area contributed by atoms with Gasteiger partial charge >= 0.3 is 6.09 Å². The van der Waals surface area contributed by atoms with Crippen molar-refractivity contribution in [1.29, 1.82) is 0 Å². The van der Waals surface area contributed by atoms with Crippen LogP contribution in [0.15, 0.2) is 24.3 Å². The Morgan fingerprint density at radius 1 is 1.33 bits per heavy atom. The summed E-state index contributed by atoms with van der Waals surface area (Å²) in [6.07, 6.45) is -1.09. The van der Waals surface area contributed by atoms with Gasteiger partial charge in [0.05, 0.1) is 0 Å². The molecule has 1 aromatic heterocycles.